The number of aryl methyl sites for hydroxylation is 2. The number of nitrogens with one attached hydrogen (secondary N) is 1. The Morgan fingerprint density at radius 1 is 1.33 bits per heavy atom. The van der Waals surface area contributed by atoms with Crippen molar-refractivity contribution in [3.05, 3.63) is 46.0 Å². The molecule has 0 aromatic carbocycles. The molecule has 1 fully saturated rings. The molecule has 0 spiro atoms. The maximum atomic E-state index is 13.2. The van der Waals surface area contributed by atoms with Crippen LogP contribution in [0.25, 0.3) is 16.9 Å². The summed E-state index contributed by atoms with van der Waals surface area (Å²) in [5, 5.41) is 2.81. The first-order valence-corrected chi connectivity index (χ1v) is 9.46. The van der Waals surface area contributed by atoms with Crippen LogP contribution in [-0.2, 0) is 6.54 Å². The van der Waals surface area contributed by atoms with Crippen LogP contribution in [0.1, 0.15) is 48.2 Å². The summed E-state index contributed by atoms with van der Waals surface area (Å²) in [5.74, 6) is 1.85. The highest BCUT2D eigenvalue weighted by atomic mass is 16.3. The summed E-state index contributed by atoms with van der Waals surface area (Å²) in [6.07, 6.45) is 6.62. The molecule has 7 nitrogen and oxygen atoms in total. The molecule has 0 saturated heterocycles. The summed E-state index contributed by atoms with van der Waals surface area (Å²) in [6, 6.07) is 1.95. The van der Waals surface area contributed by atoms with Gasteiger partial charge in [-0.05, 0) is 45.1 Å². The number of fused-ring (bicyclic) bond motifs is 1. The summed E-state index contributed by atoms with van der Waals surface area (Å²) in [5.41, 5.74) is 2.06. The van der Waals surface area contributed by atoms with E-state index in [4.69, 9.17) is 4.42 Å². The third-order valence-electron chi connectivity index (χ3n) is 4.94. The van der Waals surface area contributed by atoms with Gasteiger partial charge in [-0.1, -0.05) is 6.92 Å². The Bertz CT molecular complexity index is 1070. The number of nitrogens with zero attached hydrogens (tertiary/aromatic N) is 3. The molecule has 1 amide bonds. The van der Waals surface area contributed by atoms with E-state index in [2.05, 4.69) is 10.3 Å². The molecule has 142 valence electrons. The number of aromatic nitrogens is 3. The zero-order chi connectivity index (χ0) is 19.1. The predicted octanol–water partition coefficient (Wildman–Crippen LogP) is 2.92. The summed E-state index contributed by atoms with van der Waals surface area (Å²) in [4.78, 5) is 29.7. The van der Waals surface area contributed by atoms with Gasteiger partial charge >= 0.3 is 0 Å². The molecule has 4 rings (SSSR count). The smallest absolute Gasteiger partial charge is 0.294 e. The van der Waals surface area contributed by atoms with Crippen LogP contribution in [-0.4, -0.2) is 26.4 Å². The van der Waals surface area contributed by atoms with Crippen LogP contribution in [0.3, 0.4) is 0 Å². The third-order valence-corrected chi connectivity index (χ3v) is 4.94. The van der Waals surface area contributed by atoms with E-state index in [1.165, 1.54) is 0 Å². The van der Waals surface area contributed by atoms with Crippen LogP contribution in [0.2, 0.25) is 0 Å². The van der Waals surface area contributed by atoms with Crippen molar-refractivity contribution in [1.82, 2.24) is 19.3 Å². The van der Waals surface area contributed by atoms with E-state index in [1.807, 2.05) is 33.0 Å². The minimum atomic E-state index is -0.259. The second kappa shape index (κ2) is 6.72. The lowest BCUT2D eigenvalue weighted by atomic mass is 10.1. The molecule has 7 heteroatoms. The summed E-state index contributed by atoms with van der Waals surface area (Å²) in [7, 11) is 0. The van der Waals surface area contributed by atoms with Crippen LogP contribution in [0.5, 0.6) is 0 Å². The maximum Gasteiger partial charge on any atom is 0.294 e. The SMILES string of the molecule is CCCNC(=O)c1cn2cc(-c3cc(C)oc3C)n(CC3CC3)c(=O)c2n1. The Labute approximate surface area is 157 Å². The fourth-order valence-electron chi connectivity index (χ4n) is 3.36. The molecule has 3 aromatic heterocycles. The predicted molar refractivity (Wildman–Crippen MR) is 102 cm³/mol. The third kappa shape index (κ3) is 3.29. The Kier molecular flexibility index (Phi) is 4.37. The van der Waals surface area contributed by atoms with Crippen molar-refractivity contribution < 1.29 is 9.21 Å². The number of amides is 1. The normalized spacial score (nSPS) is 14.0. The molecule has 0 bridgehead atoms. The van der Waals surface area contributed by atoms with Crippen molar-refractivity contribution in [3.8, 4) is 11.3 Å². The van der Waals surface area contributed by atoms with Gasteiger partial charge in [0.05, 0.1) is 5.69 Å². The van der Waals surface area contributed by atoms with E-state index in [0.717, 1.165) is 42.0 Å². The monoisotopic (exact) mass is 368 g/mol. The number of carbonyl (C=O) groups is 1. The van der Waals surface area contributed by atoms with Gasteiger partial charge in [0.15, 0.2) is 0 Å². The van der Waals surface area contributed by atoms with Gasteiger partial charge in [0.2, 0.25) is 5.65 Å². The van der Waals surface area contributed by atoms with Crippen molar-refractivity contribution in [2.24, 2.45) is 5.92 Å². The second-order valence-electron chi connectivity index (χ2n) is 7.31. The molecule has 0 unspecified atom stereocenters. The van der Waals surface area contributed by atoms with Crippen LogP contribution in [0.15, 0.2) is 27.7 Å². The fourth-order valence-corrected chi connectivity index (χ4v) is 3.36. The van der Waals surface area contributed by atoms with Gasteiger partial charge in [0.25, 0.3) is 11.5 Å². The lowest BCUT2D eigenvalue weighted by molar-refractivity contribution is 0.0949. The van der Waals surface area contributed by atoms with Crippen LogP contribution < -0.4 is 10.9 Å². The number of carbonyl (C=O) groups excluding carboxylic acids is 1. The number of imidazole rings is 1. The molecule has 0 radical (unpaired) electrons. The summed E-state index contributed by atoms with van der Waals surface area (Å²) >= 11 is 0. The van der Waals surface area contributed by atoms with Crippen molar-refractivity contribution >= 4 is 11.6 Å². The van der Waals surface area contributed by atoms with Crippen molar-refractivity contribution in [1.29, 1.82) is 0 Å². The zero-order valence-electron chi connectivity index (χ0n) is 15.9. The molecule has 1 aliphatic rings. The van der Waals surface area contributed by atoms with Crippen molar-refractivity contribution in [2.45, 2.75) is 46.6 Å². The van der Waals surface area contributed by atoms with E-state index in [1.54, 1.807) is 15.2 Å². The fraction of sp³-hybridized carbons (Fsp3) is 0.450. The van der Waals surface area contributed by atoms with Crippen LogP contribution in [0, 0.1) is 19.8 Å². The molecule has 0 aliphatic heterocycles. The maximum absolute atomic E-state index is 13.2. The standard InChI is InChI=1S/C20H24N4O3/c1-4-7-21-19(25)16-10-23-11-17(15-8-12(2)27-13(15)3)24(9-14-5-6-14)20(26)18(23)22-16/h8,10-11,14H,4-7,9H2,1-3H3,(H,21,25). The van der Waals surface area contributed by atoms with E-state index >= 15 is 0 Å². The minimum Gasteiger partial charge on any atom is -0.466 e. The van der Waals surface area contributed by atoms with Gasteiger partial charge in [-0.2, -0.15) is 0 Å². The van der Waals surface area contributed by atoms with Gasteiger partial charge in [0.1, 0.15) is 17.2 Å². The molecular weight excluding hydrogens is 344 g/mol. The van der Waals surface area contributed by atoms with E-state index in [0.29, 0.717) is 19.0 Å². The Balaban J connectivity index is 1.86. The summed E-state index contributed by atoms with van der Waals surface area (Å²) in [6.45, 7) is 7.03. The summed E-state index contributed by atoms with van der Waals surface area (Å²) < 4.78 is 9.12. The van der Waals surface area contributed by atoms with Gasteiger partial charge < -0.3 is 14.3 Å². The molecule has 0 atom stereocenters. The average molecular weight is 368 g/mol. The Hall–Kier alpha value is -2.83. The molecule has 1 aliphatic carbocycles. The molecule has 3 aromatic rings. The van der Waals surface area contributed by atoms with Gasteiger partial charge in [-0.15, -0.1) is 0 Å². The lowest BCUT2D eigenvalue weighted by Crippen LogP contribution is -2.25. The molecular formula is C20H24N4O3. The van der Waals surface area contributed by atoms with Crippen molar-refractivity contribution in [3.63, 3.8) is 0 Å². The van der Waals surface area contributed by atoms with Gasteiger partial charge in [-0.3, -0.25) is 14.0 Å². The molecule has 3 heterocycles. The zero-order valence-corrected chi connectivity index (χ0v) is 15.9. The molecule has 1 saturated carbocycles. The first kappa shape index (κ1) is 17.6. The first-order valence-electron chi connectivity index (χ1n) is 9.46. The second-order valence-corrected chi connectivity index (χ2v) is 7.31. The van der Waals surface area contributed by atoms with E-state index in [9.17, 15) is 9.59 Å². The highest BCUT2D eigenvalue weighted by molar-refractivity contribution is 5.92. The number of furan rings is 1. The average Bonchev–Trinajstić information content (AvgIpc) is 3.24. The topological polar surface area (TPSA) is 81.5 Å². The van der Waals surface area contributed by atoms with Crippen LogP contribution in [0.4, 0.5) is 0 Å². The highest BCUT2D eigenvalue weighted by Crippen LogP contribution is 2.33. The van der Waals surface area contributed by atoms with E-state index in [-0.39, 0.29) is 22.8 Å². The quantitative estimate of drug-likeness (QED) is 0.725. The highest BCUT2D eigenvalue weighted by Gasteiger charge is 2.26. The van der Waals surface area contributed by atoms with E-state index < -0.39 is 0 Å². The number of hydrogen-bond acceptors (Lipinski definition) is 4. The van der Waals surface area contributed by atoms with Crippen molar-refractivity contribution in [2.75, 3.05) is 6.54 Å². The Morgan fingerprint density at radius 3 is 2.74 bits per heavy atom. The molecule has 1 N–H and O–H groups in total. The van der Waals surface area contributed by atoms with Gasteiger partial charge in [0, 0.05) is 31.0 Å². The molecule has 27 heavy (non-hydrogen) atoms. The number of hydrogen-bond donors (Lipinski definition) is 1. The van der Waals surface area contributed by atoms with Crippen LogP contribution >= 0.6 is 0 Å². The number of rotatable bonds is 6. The Morgan fingerprint density at radius 2 is 2.11 bits per heavy atom. The lowest BCUT2D eigenvalue weighted by Gasteiger charge is -2.12. The minimum absolute atomic E-state index is 0.174. The first-order chi connectivity index (χ1) is 13.0. The van der Waals surface area contributed by atoms with Gasteiger partial charge in [-0.25, -0.2) is 4.98 Å². The largest absolute Gasteiger partial charge is 0.466 e.